The molecule has 0 bridgehead atoms. The SMILES string of the molecule is Br.[CH2-]C.[Mg+2].[c-]1ccccc1. The normalized spacial score (nSPS) is 5.40. The predicted octanol–water partition coefficient (Wildman–Crippen LogP) is 2.52. The van der Waals surface area contributed by atoms with Crippen molar-refractivity contribution in [3.05, 3.63) is 43.3 Å². The molecule has 0 atom stereocenters. The van der Waals surface area contributed by atoms with Crippen LogP contribution in [0.15, 0.2) is 30.3 Å². The molecular formula is C8H11BrMg. The van der Waals surface area contributed by atoms with Gasteiger partial charge in [-0.2, -0.15) is 43.3 Å². The van der Waals surface area contributed by atoms with Gasteiger partial charge in [0.05, 0.1) is 0 Å². The number of hydrogen-bond acceptors (Lipinski definition) is 0. The Morgan fingerprint density at radius 3 is 1.50 bits per heavy atom. The number of halogens is 1. The van der Waals surface area contributed by atoms with E-state index < -0.39 is 0 Å². The molecule has 1 rings (SSSR count). The molecule has 0 fully saturated rings. The van der Waals surface area contributed by atoms with Gasteiger partial charge in [-0.15, -0.1) is 17.0 Å². The molecule has 0 aliphatic rings. The first kappa shape index (κ1) is 16.8. The topological polar surface area (TPSA) is 0 Å². The average Bonchev–Trinajstić information content (AvgIpc) is 1.96. The van der Waals surface area contributed by atoms with Crippen LogP contribution in [0.3, 0.4) is 0 Å². The van der Waals surface area contributed by atoms with E-state index in [0.717, 1.165) is 0 Å². The molecule has 0 aliphatic heterocycles. The van der Waals surface area contributed by atoms with Gasteiger partial charge in [-0.3, -0.25) is 0 Å². The van der Waals surface area contributed by atoms with E-state index in [1.165, 1.54) is 0 Å². The molecule has 0 spiro atoms. The van der Waals surface area contributed by atoms with Gasteiger partial charge in [0.1, 0.15) is 0 Å². The molecule has 0 saturated heterocycles. The largest absolute Gasteiger partial charge is 2.00 e. The van der Waals surface area contributed by atoms with E-state index in [4.69, 9.17) is 0 Å². The van der Waals surface area contributed by atoms with Crippen molar-refractivity contribution in [3.63, 3.8) is 0 Å². The van der Waals surface area contributed by atoms with Gasteiger partial charge in [0.25, 0.3) is 0 Å². The maximum absolute atomic E-state index is 3.25. The first-order valence-electron chi connectivity index (χ1n) is 2.62. The van der Waals surface area contributed by atoms with Crippen LogP contribution in [0.1, 0.15) is 6.92 Å². The van der Waals surface area contributed by atoms with Crippen molar-refractivity contribution in [1.29, 1.82) is 0 Å². The van der Waals surface area contributed by atoms with E-state index in [1.807, 2.05) is 30.3 Å². The van der Waals surface area contributed by atoms with Crippen LogP contribution in [-0.4, -0.2) is 23.1 Å². The van der Waals surface area contributed by atoms with E-state index in [-0.39, 0.29) is 40.0 Å². The third-order valence-corrected chi connectivity index (χ3v) is 0.607. The summed E-state index contributed by atoms with van der Waals surface area (Å²) in [6, 6.07) is 12.5. The quantitative estimate of drug-likeness (QED) is 0.457. The van der Waals surface area contributed by atoms with Gasteiger partial charge in [-0.1, -0.05) is 0 Å². The monoisotopic (exact) mass is 210 g/mol. The van der Waals surface area contributed by atoms with E-state index in [0.29, 0.717) is 0 Å². The van der Waals surface area contributed by atoms with Gasteiger partial charge in [0, 0.05) is 0 Å². The summed E-state index contributed by atoms with van der Waals surface area (Å²) in [6.45, 7) is 5.00. The zero-order valence-corrected chi connectivity index (χ0v) is 9.34. The molecular weight excluding hydrogens is 200 g/mol. The Morgan fingerprint density at radius 2 is 1.40 bits per heavy atom. The molecule has 0 unspecified atom stereocenters. The Morgan fingerprint density at radius 1 is 1.00 bits per heavy atom. The minimum atomic E-state index is 0. The molecule has 0 radical (unpaired) electrons. The predicted molar refractivity (Wildman–Crippen MR) is 52.4 cm³/mol. The molecule has 1 aromatic rings. The third kappa shape index (κ3) is 11.3. The Labute approximate surface area is 89.9 Å². The number of hydrogen-bond donors (Lipinski definition) is 0. The van der Waals surface area contributed by atoms with E-state index in [2.05, 4.69) is 13.0 Å². The molecule has 0 N–H and O–H groups in total. The molecule has 0 saturated carbocycles. The Hall–Kier alpha value is 0.466. The van der Waals surface area contributed by atoms with Crippen molar-refractivity contribution in [3.8, 4) is 0 Å². The Kier molecular flexibility index (Phi) is 27.3. The zero-order chi connectivity index (χ0) is 6.24. The summed E-state index contributed by atoms with van der Waals surface area (Å²) >= 11 is 0. The van der Waals surface area contributed by atoms with Crippen molar-refractivity contribution in [1.82, 2.24) is 0 Å². The number of rotatable bonds is 0. The summed E-state index contributed by atoms with van der Waals surface area (Å²) in [5.74, 6) is 0. The molecule has 0 heterocycles. The zero-order valence-electron chi connectivity index (χ0n) is 6.21. The van der Waals surface area contributed by atoms with Crippen molar-refractivity contribution in [2.45, 2.75) is 6.92 Å². The fourth-order valence-corrected chi connectivity index (χ4v) is 0.342. The molecule has 2 heteroatoms. The minimum absolute atomic E-state index is 0. The van der Waals surface area contributed by atoms with Crippen LogP contribution in [0.2, 0.25) is 0 Å². The van der Waals surface area contributed by atoms with Gasteiger partial charge in [-0.25, -0.2) is 0 Å². The average molecular weight is 211 g/mol. The summed E-state index contributed by atoms with van der Waals surface area (Å²) in [4.78, 5) is 0. The second-order valence-corrected chi connectivity index (χ2v) is 1.08. The van der Waals surface area contributed by atoms with Crippen LogP contribution in [0.5, 0.6) is 0 Å². The maximum Gasteiger partial charge on any atom is 2.00 e. The van der Waals surface area contributed by atoms with Gasteiger partial charge < -0.3 is 6.92 Å². The first-order chi connectivity index (χ1) is 4.00. The Bertz CT molecular complexity index is 81.2. The van der Waals surface area contributed by atoms with Crippen LogP contribution >= 0.6 is 17.0 Å². The van der Waals surface area contributed by atoms with E-state index in [9.17, 15) is 0 Å². The molecule has 1 aromatic carbocycles. The van der Waals surface area contributed by atoms with Crippen LogP contribution < -0.4 is 0 Å². The first-order valence-corrected chi connectivity index (χ1v) is 2.62. The standard InChI is InChI=1S/C6H5.C2H5.BrH.Mg/c1-2-4-6-5-3-1;1-2;;/h1-5H;1H2,2H3;1H;/q2*-1;;+2. The van der Waals surface area contributed by atoms with Crippen molar-refractivity contribution in [2.24, 2.45) is 0 Å². The molecule has 0 aliphatic carbocycles. The summed E-state index contributed by atoms with van der Waals surface area (Å²) in [7, 11) is 0. The van der Waals surface area contributed by atoms with Gasteiger partial charge in [0.2, 0.25) is 0 Å². The molecule has 10 heavy (non-hydrogen) atoms. The fraction of sp³-hybridized carbons (Fsp3) is 0.125. The summed E-state index contributed by atoms with van der Waals surface area (Å²) in [5.41, 5.74) is 0. The van der Waals surface area contributed by atoms with Crippen molar-refractivity contribution < 1.29 is 0 Å². The molecule has 0 aromatic heterocycles. The van der Waals surface area contributed by atoms with E-state index in [1.54, 1.807) is 6.92 Å². The second kappa shape index (κ2) is 16.2. The molecule has 0 nitrogen and oxygen atoms in total. The van der Waals surface area contributed by atoms with Gasteiger partial charge in [-0.05, 0) is 0 Å². The third-order valence-electron chi connectivity index (χ3n) is 0.607. The summed E-state index contributed by atoms with van der Waals surface area (Å²) < 4.78 is 0. The van der Waals surface area contributed by atoms with Crippen molar-refractivity contribution in [2.75, 3.05) is 0 Å². The van der Waals surface area contributed by atoms with E-state index >= 15 is 0 Å². The van der Waals surface area contributed by atoms with Crippen LogP contribution in [0, 0.1) is 13.0 Å². The number of benzene rings is 1. The summed E-state index contributed by atoms with van der Waals surface area (Å²) in [6.07, 6.45) is 0. The van der Waals surface area contributed by atoms with Crippen LogP contribution in [0.4, 0.5) is 0 Å². The Balaban J connectivity index is -0.000000114. The fourth-order valence-electron chi connectivity index (χ4n) is 0.342. The molecule has 0 amide bonds. The second-order valence-electron chi connectivity index (χ2n) is 1.08. The van der Waals surface area contributed by atoms with Gasteiger partial charge in [0.15, 0.2) is 0 Å². The van der Waals surface area contributed by atoms with Gasteiger partial charge >= 0.3 is 23.1 Å². The van der Waals surface area contributed by atoms with Crippen LogP contribution in [-0.2, 0) is 0 Å². The maximum atomic E-state index is 3.25. The van der Waals surface area contributed by atoms with Crippen molar-refractivity contribution >= 4 is 40.0 Å². The molecule has 52 valence electrons. The summed E-state index contributed by atoms with van der Waals surface area (Å²) in [5, 5.41) is 0. The smallest absolute Gasteiger partial charge is 0.346 e. The van der Waals surface area contributed by atoms with Crippen LogP contribution in [0.25, 0.3) is 0 Å². The minimum Gasteiger partial charge on any atom is -0.346 e.